The van der Waals surface area contributed by atoms with E-state index >= 15 is 0 Å². The summed E-state index contributed by atoms with van der Waals surface area (Å²) in [6.45, 7) is 1.96. The van der Waals surface area contributed by atoms with Gasteiger partial charge in [-0.15, -0.1) is 0 Å². The zero-order valence-electron chi connectivity index (χ0n) is 9.77. The molecular formula is C13H12BrN3O. The molecular weight excluding hydrogens is 294 g/mol. The smallest absolute Gasteiger partial charge is 0.259 e. The quantitative estimate of drug-likeness (QED) is 0.896. The first-order valence-electron chi connectivity index (χ1n) is 5.36. The number of aryl methyl sites for hydroxylation is 1. The number of carbonyl (C=O) groups is 1. The van der Waals surface area contributed by atoms with Gasteiger partial charge in [-0.1, -0.05) is 12.1 Å². The van der Waals surface area contributed by atoms with Crippen molar-refractivity contribution in [2.24, 2.45) is 0 Å². The molecule has 1 amide bonds. The molecule has 1 aromatic heterocycles. The van der Waals surface area contributed by atoms with E-state index in [-0.39, 0.29) is 11.7 Å². The molecule has 0 aliphatic carbocycles. The lowest BCUT2D eigenvalue weighted by atomic mass is 10.2. The second-order valence-electron chi connectivity index (χ2n) is 3.83. The number of rotatable bonds is 2. The summed E-state index contributed by atoms with van der Waals surface area (Å²) in [6, 6.07) is 8.97. The molecule has 0 fully saturated rings. The molecule has 0 spiro atoms. The average molecular weight is 306 g/mol. The first-order chi connectivity index (χ1) is 8.59. The molecule has 3 N–H and O–H groups in total. The minimum absolute atomic E-state index is 0.221. The lowest BCUT2D eigenvalue weighted by Crippen LogP contribution is -2.15. The Balaban J connectivity index is 2.27. The topological polar surface area (TPSA) is 68.0 Å². The summed E-state index contributed by atoms with van der Waals surface area (Å²) in [6.07, 6.45) is 1.55. The summed E-state index contributed by atoms with van der Waals surface area (Å²) in [5.74, 6) is -0.0503. The van der Waals surface area contributed by atoms with Gasteiger partial charge in [0.1, 0.15) is 5.82 Å². The highest BCUT2D eigenvalue weighted by Crippen LogP contribution is 2.26. The number of pyridine rings is 1. The van der Waals surface area contributed by atoms with E-state index in [1.165, 1.54) is 0 Å². The Morgan fingerprint density at radius 1 is 1.33 bits per heavy atom. The Hall–Kier alpha value is -1.88. The maximum atomic E-state index is 12.0. The molecule has 92 valence electrons. The number of carbonyl (C=O) groups excluding carboxylic acids is 1. The lowest BCUT2D eigenvalue weighted by Gasteiger charge is -2.09. The van der Waals surface area contributed by atoms with Crippen LogP contribution >= 0.6 is 15.9 Å². The molecule has 2 rings (SSSR count). The highest BCUT2D eigenvalue weighted by Gasteiger charge is 2.12. The van der Waals surface area contributed by atoms with Crippen molar-refractivity contribution in [3.63, 3.8) is 0 Å². The van der Waals surface area contributed by atoms with Gasteiger partial charge in [-0.2, -0.15) is 0 Å². The van der Waals surface area contributed by atoms with Crippen molar-refractivity contribution < 1.29 is 4.79 Å². The van der Waals surface area contributed by atoms with E-state index in [9.17, 15) is 4.79 Å². The normalized spacial score (nSPS) is 10.1. The molecule has 2 aromatic rings. The number of aromatic nitrogens is 1. The molecule has 18 heavy (non-hydrogen) atoms. The van der Waals surface area contributed by atoms with Crippen molar-refractivity contribution in [2.75, 3.05) is 11.1 Å². The molecule has 4 nitrogen and oxygen atoms in total. The zero-order chi connectivity index (χ0) is 13.1. The van der Waals surface area contributed by atoms with E-state index in [0.717, 1.165) is 10.0 Å². The van der Waals surface area contributed by atoms with Gasteiger partial charge in [0.05, 0.1) is 11.3 Å². The van der Waals surface area contributed by atoms with E-state index in [4.69, 9.17) is 5.73 Å². The van der Waals surface area contributed by atoms with E-state index in [0.29, 0.717) is 11.3 Å². The maximum Gasteiger partial charge on any atom is 0.259 e. The highest BCUT2D eigenvalue weighted by atomic mass is 79.9. The van der Waals surface area contributed by atoms with Crippen LogP contribution < -0.4 is 11.1 Å². The van der Waals surface area contributed by atoms with Crippen molar-refractivity contribution >= 4 is 33.3 Å². The first-order valence-corrected chi connectivity index (χ1v) is 6.16. The Kier molecular flexibility index (Phi) is 3.62. The second-order valence-corrected chi connectivity index (χ2v) is 4.62. The van der Waals surface area contributed by atoms with Crippen LogP contribution in [-0.2, 0) is 0 Å². The zero-order valence-corrected chi connectivity index (χ0v) is 11.4. The first kappa shape index (κ1) is 12.6. The van der Waals surface area contributed by atoms with Crippen LogP contribution in [0.2, 0.25) is 0 Å². The fourth-order valence-corrected chi connectivity index (χ4v) is 1.91. The van der Waals surface area contributed by atoms with Gasteiger partial charge in [0.15, 0.2) is 0 Å². The Bertz CT molecular complexity index is 599. The molecule has 0 unspecified atom stereocenters. The van der Waals surface area contributed by atoms with E-state index in [1.807, 2.05) is 25.1 Å². The Labute approximate surface area is 113 Å². The molecule has 5 heteroatoms. The van der Waals surface area contributed by atoms with Gasteiger partial charge in [0, 0.05) is 10.7 Å². The molecule has 0 radical (unpaired) electrons. The van der Waals surface area contributed by atoms with Gasteiger partial charge >= 0.3 is 0 Å². The summed E-state index contributed by atoms with van der Waals surface area (Å²) >= 11 is 3.44. The maximum absolute atomic E-state index is 12.0. The van der Waals surface area contributed by atoms with Gasteiger partial charge in [-0.05, 0) is 46.6 Å². The van der Waals surface area contributed by atoms with Crippen molar-refractivity contribution in [1.82, 2.24) is 4.98 Å². The van der Waals surface area contributed by atoms with Crippen molar-refractivity contribution in [1.29, 1.82) is 0 Å². The fourth-order valence-electron chi connectivity index (χ4n) is 1.54. The molecule has 0 aliphatic heterocycles. The van der Waals surface area contributed by atoms with Gasteiger partial charge in [0.25, 0.3) is 5.91 Å². The molecule has 0 aliphatic rings. The van der Waals surface area contributed by atoms with Crippen molar-refractivity contribution in [3.05, 3.63) is 52.1 Å². The molecule has 0 saturated carbocycles. The van der Waals surface area contributed by atoms with E-state index < -0.39 is 0 Å². The largest absolute Gasteiger partial charge is 0.383 e. The van der Waals surface area contributed by atoms with Crippen LogP contribution in [-0.4, -0.2) is 10.9 Å². The van der Waals surface area contributed by atoms with Crippen molar-refractivity contribution in [3.8, 4) is 0 Å². The van der Waals surface area contributed by atoms with Gasteiger partial charge in [-0.25, -0.2) is 4.98 Å². The summed E-state index contributed by atoms with van der Waals surface area (Å²) < 4.78 is 0.862. The van der Waals surface area contributed by atoms with Crippen LogP contribution in [0.15, 0.2) is 41.0 Å². The summed E-state index contributed by atoms with van der Waals surface area (Å²) in [5.41, 5.74) is 7.79. The number of nitrogens with one attached hydrogen (secondary N) is 1. The standard InChI is InChI=1S/C13H12BrN3O/c1-8-4-2-6-10(11(8)14)17-13(18)9-5-3-7-16-12(9)15/h2-7H,1H3,(H2,15,16)(H,17,18). The van der Waals surface area contributed by atoms with Crippen LogP contribution in [0.1, 0.15) is 15.9 Å². The number of nitrogens with zero attached hydrogens (tertiary/aromatic N) is 1. The molecule has 1 aromatic carbocycles. The van der Waals surface area contributed by atoms with E-state index in [1.54, 1.807) is 18.3 Å². The number of halogens is 1. The predicted molar refractivity (Wildman–Crippen MR) is 75.5 cm³/mol. The number of hydrogen-bond acceptors (Lipinski definition) is 3. The van der Waals surface area contributed by atoms with Crippen LogP contribution in [0, 0.1) is 6.92 Å². The third-order valence-corrected chi connectivity index (χ3v) is 3.58. The summed E-state index contributed by atoms with van der Waals surface area (Å²) in [7, 11) is 0. The van der Waals surface area contributed by atoms with Gasteiger partial charge < -0.3 is 11.1 Å². The molecule has 0 bridgehead atoms. The monoisotopic (exact) mass is 305 g/mol. The lowest BCUT2D eigenvalue weighted by molar-refractivity contribution is 0.102. The minimum atomic E-state index is -0.271. The summed E-state index contributed by atoms with van der Waals surface area (Å²) in [4.78, 5) is 15.9. The SMILES string of the molecule is Cc1cccc(NC(=O)c2cccnc2N)c1Br. The third kappa shape index (κ3) is 2.51. The van der Waals surface area contributed by atoms with Crippen molar-refractivity contribution in [2.45, 2.75) is 6.92 Å². The third-order valence-electron chi connectivity index (χ3n) is 2.52. The predicted octanol–water partition coefficient (Wildman–Crippen LogP) is 2.99. The Morgan fingerprint density at radius 3 is 2.83 bits per heavy atom. The minimum Gasteiger partial charge on any atom is -0.383 e. The molecule has 0 saturated heterocycles. The van der Waals surface area contributed by atoms with Crippen LogP contribution in [0.4, 0.5) is 11.5 Å². The molecule has 0 atom stereocenters. The van der Waals surface area contributed by atoms with E-state index in [2.05, 4.69) is 26.2 Å². The number of amides is 1. The average Bonchev–Trinajstić information content (AvgIpc) is 2.35. The van der Waals surface area contributed by atoms with Crippen LogP contribution in [0.25, 0.3) is 0 Å². The Morgan fingerprint density at radius 2 is 2.11 bits per heavy atom. The summed E-state index contributed by atoms with van der Waals surface area (Å²) in [5, 5.41) is 2.80. The fraction of sp³-hybridized carbons (Fsp3) is 0.0769. The van der Waals surface area contributed by atoms with Crippen LogP contribution in [0.5, 0.6) is 0 Å². The van der Waals surface area contributed by atoms with Crippen LogP contribution in [0.3, 0.4) is 0 Å². The van der Waals surface area contributed by atoms with Gasteiger partial charge in [0.2, 0.25) is 0 Å². The van der Waals surface area contributed by atoms with Gasteiger partial charge in [-0.3, -0.25) is 4.79 Å². The molecule has 1 heterocycles. The number of hydrogen-bond donors (Lipinski definition) is 2. The highest BCUT2D eigenvalue weighted by molar-refractivity contribution is 9.10. The number of benzene rings is 1. The number of nitrogens with two attached hydrogens (primary N) is 1. The number of anilines is 2. The number of nitrogen functional groups attached to an aromatic ring is 1. The second kappa shape index (κ2) is 5.18.